The van der Waals surface area contributed by atoms with Gasteiger partial charge in [-0.2, -0.15) is 0 Å². The average Bonchev–Trinajstić information content (AvgIpc) is 2.54. The maximum Gasteiger partial charge on any atom is 0.514 e. The van der Waals surface area contributed by atoms with Gasteiger partial charge in [0, 0.05) is 24.7 Å². The zero-order chi connectivity index (χ0) is 18.4. The van der Waals surface area contributed by atoms with Crippen molar-refractivity contribution in [1.29, 1.82) is 0 Å². The van der Waals surface area contributed by atoms with Gasteiger partial charge in [0.05, 0.1) is 0 Å². The smallest absolute Gasteiger partial charge is 0.428 e. The summed E-state index contributed by atoms with van der Waals surface area (Å²) in [4.78, 5) is 26.2. The number of amides is 1. The molecule has 1 aromatic rings. The van der Waals surface area contributed by atoms with Crippen molar-refractivity contribution in [1.82, 2.24) is 4.90 Å². The maximum atomic E-state index is 12.4. The minimum atomic E-state index is -0.755. The molecule has 1 aromatic carbocycles. The van der Waals surface area contributed by atoms with Crippen molar-refractivity contribution in [3.8, 4) is 5.75 Å². The fourth-order valence-corrected chi connectivity index (χ4v) is 2.71. The van der Waals surface area contributed by atoms with Gasteiger partial charge < -0.3 is 14.4 Å². The number of piperidine rings is 1. The normalized spacial score (nSPS) is 15.7. The van der Waals surface area contributed by atoms with E-state index in [0.717, 1.165) is 31.5 Å². The molecule has 1 heterocycles. The molecule has 5 heteroatoms. The minimum absolute atomic E-state index is 0.00395. The zero-order valence-corrected chi connectivity index (χ0v) is 15.5. The van der Waals surface area contributed by atoms with Crippen LogP contribution in [0.5, 0.6) is 5.75 Å². The summed E-state index contributed by atoms with van der Waals surface area (Å²) in [7, 11) is 0. The minimum Gasteiger partial charge on any atom is -0.428 e. The van der Waals surface area contributed by atoms with Gasteiger partial charge in [0.2, 0.25) is 5.91 Å². The van der Waals surface area contributed by atoms with Crippen molar-refractivity contribution < 1.29 is 19.1 Å². The van der Waals surface area contributed by atoms with E-state index in [0.29, 0.717) is 11.3 Å². The number of para-hydroxylation sites is 1. The summed E-state index contributed by atoms with van der Waals surface area (Å²) in [5.41, 5.74) is 0.842. The van der Waals surface area contributed by atoms with Gasteiger partial charge in [-0.3, -0.25) is 4.79 Å². The number of likely N-dealkylation sites (tertiary alicyclic amines) is 1. The molecule has 0 unspecified atom stereocenters. The Morgan fingerprint density at radius 2 is 1.72 bits per heavy atom. The van der Waals surface area contributed by atoms with E-state index in [2.05, 4.69) is 0 Å². The Kier molecular flexibility index (Phi) is 6.23. The van der Waals surface area contributed by atoms with Crippen molar-refractivity contribution in [2.24, 2.45) is 0 Å². The predicted octanol–water partition coefficient (Wildman–Crippen LogP) is 4.42. The third-order valence-electron chi connectivity index (χ3n) is 3.90. The molecule has 1 fully saturated rings. The van der Waals surface area contributed by atoms with Gasteiger partial charge in [-0.05, 0) is 58.6 Å². The van der Waals surface area contributed by atoms with Crippen LogP contribution in [0.3, 0.4) is 0 Å². The maximum absolute atomic E-state index is 12.4. The highest BCUT2D eigenvalue weighted by atomic mass is 16.7. The second kappa shape index (κ2) is 8.19. The van der Waals surface area contributed by atoms with Gasteiger partial charge in [0.1, 0.15) is 11.4 Å². The van der Waals surface area contributed by atoms with E-state index < -0.39 is 11.8 Å². The van der Waals surface area contributed by atoms with Gasteiger partial charge >= 0.3 is 6.16 Å². The fourth-order valence-electron chi connectivity index (χ4n) is 2.71. The molecule has 0 aromatic heterocycles. The predicted molar refractivity (Wildman–Crippen MR) is 97.4 cm³/mol. The lowest BCUT2D eigenvalue weighted by Crippen LogP contribution is -2.34. The Morgan fingerprint density at radius 1 is 1.08 bits per heavy atom. The van der Waals surface area contributed by atoms with Crippen LogP contribution in [0.4, 0.5) is 4.79 Å². The molecule has 1 amide bonds. The Labute approximate surface area is 149 Å². The van der Waals surface area contributed by atoms with E-state index in [1.807, 2.05) is 24.0 Å². The highest BCUT2D eigenvalue weighted by molar-refractivity contribution is 5.95. The van der Waals surface area contributed by atoms with Gasteiger partial charge in [-0.1, -0.05) is 18.2 Å². The molecule has 5 nitrogen and oxygen atoms in total. The number of hydrogen-bond donors (Lipinski definition) is 0. The Balaban J connectivity index is 2.14. The molecule has 1 saturated heterocycles. The molecule has 0 radical (unpaired) electrons. The molecule has 136 valence electrons. The molecular weight excluding hydrogens is 318 g/mol. The van der Waals surface area contributed by atoms with E-state index in [1.54, 1.807) is 39.0 Å². The summed E-state index contributed by atoms with van der Waals surface area (Å²) in [6, 6.07) is 7.15. The third kappa shape index (κ3) is 5.93. The first-order chi connectivity index (χ1) is 11.8. The van der Waals surface area contributed by atoms with E-state index in [-0.39, 0.29) is 5.91 Å². The van der Waals surface area contributed by atoms with E-state index in [1.165, 1.54) is 6.42 Å². The third-order valence-corrected chi connectivity index (χ3v) is 3.90. The van der Waals surface area contributed by atoms with Gasteiger partial charge in [-0.25, -0.2) is 4.79 Å². The van der Waals surface area contributed by atoms with Crippen LogP contribution in [0, 0.1) is 0 Å². The van der Waals surface area contributed by atoms with Gasteiger partial charge in [0.25, 0.3) is 0 Å². The molecule has 0 bridgehead atoms. The highest BCUT2D eigenvalue weighted by Gasteiger charge is 2.20. The van der Waals surface area contributed by atoms with Crippen molar-refractivity contribution in [3.63, 3.8) is 0 Å². The number of carbonyl (C=O) groups excluding carboxylic acids is 2. The molecule has 0 aliphatic carbocycles. The second-order valence-electron chi connectivity index (χ2n) is 7.28. The quantitative estimate of drug-likeness (QED) is 0.462. The van der Waals surface area contributed by atoms with Crippen molar-refractivity contribution in [2.45, 2.75) is 52.6 Å². The number of benzene rings is 1. The molecule has 0 spiro atoms. The average molecular weight is 345 g/mol. The Morgan fingerprint density at radius 3 is 2.36 bits per heavy atom. The SMILES string of the molecule is C/C(=C\C(=O)N1CCCCC1)c1ccccc1OC(=O)OC(C)(C)C. The van der Waals surface area contributed by atoms with Crippen LogP contribution in [-0.4, -0.2) is 35.7 Å². The van der Waals surface area contributed by atoms with Gasteiger partial charge in [-0.15, -0.1) is 0 Å². The lowest BCUT2D eigenvalue weighted by molar-refractivity contribution is -0.126. The number of rotatable bonds is 3. The second-order valence-corrected chi connectivity index (χ2v) is 7.28. The first-order valence-electron chi connectivity index (χ1n) is 8.74. The fraction of sp³-hybridized carbons (Fsp3) is 0.500. The first kappa shape index (κ1) is 19.0. The first-order valence-corrected chi connectivity index (χ1v) is 8.74. The molecular formula is C20H27NO4. The molecule has 1 aliphatic rings. The highest BCUT2D eigenvalue weighted by Crippen LogP contribution is 2.27. The Hall–Kier alpha value is -2.30. The van der Waals surface area contributed by atoms with Crippen LogP contribution in [0.15, 0.2) is 30.3 Å². The lowest BCUT2D eigenvalue weighted by Gasteiger charge is -2.25. The summed E-state index contributed by atoms with van der Waals surface area (Å²) in [6.45, 7) is 8.80. The molecule has 1 aliphatic heterocycles. The van der Waals surface area contributed by atoms with Crippen molar-refractivity contribution in [2.75, 3.05) is 13.1 Å². The topological polar surface area (TPSA) is 55.8 Å². The molecule has 25 heavy (non-hydrogen) atoms. The number of hydrogen-bond acceptors (Lipinski definition) is 4. The molecule has 0 atom stereocenters. The largest absolute Gasteiger partial charge is 0.514 e. The standard InChI is InChI=1S/C20H27NO4/c1-15(14-18(22)21-12-8-5-9-13-21)16-10-6-7-11-17(16)24-19(23)25-20(2,3)4/h6-7,10-11,14H,5,8-9,12-13H2,1-4H3/b15-14+. The summed E-state index contributed by atoms with van der Waals surface area (Å²) in [5, 5.41) is 0. The van der Waals surface area contributed by atoms with Gasteiger partial charge in [0.15, 0.2) is 0 Å². The van der Waals surface area contributed by atoms with E-state index in [4.69, 9.17) is 9.47 Å². The summed E-state index contributed by atoms with van der Waals surface area (Å²) < 4.78 is 10.5. The van der Waals surface area contributed by atoms with Crippen LogP contribution in [0.25, 0.3) is 5.57 Å². The van der Waals surface area contributed by atoms with Crippen LogP contribution < -0.4 is 4.74 Å². The number of nitrogens with zero attached hydrogens (tertiary/aromatic N) is 1. The molecule has 0 saturated carbocycles. The molecule has 0 N–H and O–H groups in total. The summed E-state index contributed by atoms with van der Waals surface area (Å²) in [5.74, 6) is 0.390. The van der Waals surface area contributed by atoms with E-state index >= 15 is 0 Å². The van der Waals surface area contributed by atoms with Crippen molar-refractivity contribution >= 4 is 17.6 Å². The van der Waals surface area contributed by atoms with Crippen molar-refractivity contribution in [3.05, 3.63) is 35.9 Å². The zero-order valence-electron chi connectivity index (χ0n) is 15.5. The number of carbonyl (C=O) groups is 2. The lowest BCUT2D eigenvalue weighted by atomic mass is 10.1. The van der Waals surface area contributed by atoms with Crippen LogP contribution >= 0.6 is 0 Å². The summed E-state index contributed by atoms with van der Waals surface area (Å²) in [6.07, 6.45) is 4.14. The number of ether oxygens (including phenoxy) is 2. The van der Waals surface area contributed by atoms with Crippen LogP contribution in [-0.2, 0) is 9.53 Å². The van der Waals surface area contributed by atoms with E-state index in [9.17, 15) is 9.59 Å². The Bertz CT molecular complexity index is 652. The van der Waals surface area contributed by atoms with Crippen LogP contribution in [0.1, 0.15) is 52.5 Å². The monoisotopic (exact) mass is 345 g/mol. The molecule has 2 rings (SSSR count). The number of allylic oxidation sites excluding steroid dienone is 1. The van der Waals surface area contributed by atoms with Crippen LogP contribution in [0.2, 0.25) is 0 Å². The summed E-state index contributed by atoms with van der Waals surface area (Å²) >= 11 is 0.